The van der Waals surface area contributed by atoms with Crippen molar-refractivity contribution in [1.82, 2.24) is 4.90 Å². The lowest BCUT2D eigenvalue weighted by atomic mass is 9.90. The highest BCUT2D eigenvalue weighted by molar-refractivity contribution is 6.39. The highest BCUT2D eigenvalue weighted by Crippen LogP contribution is 2.32. The minimum Gasteiger partial charge on any atom is -0.380 e. The predicted molar refractivity (Wildman–Crippen MR) is 79.8 cm³/mol. The van der Waals surface area contributed by atoms with E-state index >= 15 is 0 Å². The molecule has 0 aliphatic carbocycles. The van der Waals surface area contributed by atoms with Gasteiger partial charge in [-0.1, -0.05) is 29.3 Å². The molecule has 2 nitrogen and oxygen atoms in total. The van der Waals surface area contributed by atoms with Crippen LogP contribution in [0.15, 0.2) is 18.2 Å². The van der Waals surface area contributed by atoms with Crippen molar-refractivity contribution in [2.75, 3.05) is 25.5 Å². The summed E-state index contributed by atoms with van der Waals surface area (Å²) in [5, 5.41) is 4.87. The standard InChI is InChI=1S/C14H20Cl2N2/c1-10(11-6-8-18(2)9-7-11)17-14-12(15)4-3-5-13(14)16/h3-5,10-11,17H,6-9H2,1-2H3. The van der Waals surface area contributed by atoms with Crippen molar-refractivity contribution in [3.8, 4) is 0 Å². The van der Waals surface area contributed by atoms with E-state index in [0.717, 1.165) is 5.69 Å². The van der Waals surface area contributed by atoms with Crippen LogP contribution in [0, 0.1) is 5.92 Å². The van der Waals surface area contributed by atoms with Gasteiger partial charge in [0.25, 0.3) is 0 Å². The first-order valence-corrected chi connectivity index (χ1v) is 7.22. The zero-order valence-corrected chi connectivity index (χ0v) is 12.4. The van der Waals surface area contributed by atoms with E-state index < -0.39 is 0 Å². The van der Waals surface area contributed by atoms with Crippen molar-refractivity contribution in [1.29, 1.82) is 0 Å². The van der Waals surface area contributed by atoms with Gasteiger partial charge in [-0.05, 0) is 58.0 Å². The van der Waals surface area contributed by atoms with Gasteiger partial charge in [-0.2, -0.15) is 0 Å². The lowest BCUT2D eigenvalue weighted by molar-refractivity contribution is 0.208. The fourth-order valence-corrected chi connectivity index (χ4v) is 3.02. The molecule has 1 atom stereocenters. The molecule has 1 saturated heterocycles. The summed E-state index contributed by atoms with van der Waals surface area (Å²) >= 11 is 12.4. The van der Waals surface area contributed by atoms with Gasteiger partial charge in [-0.3, -0.25) is 0 Å². The Morgan fingerprint density at radius 2 is 1.78 bits per heavy atom. The second-order valence-electron chi connectivity index (χ2n) is 5.17. The van der Waals surface area contributed by atoms with Gasteiger partial charge in [-0.15, -0.1) is 0 Å². The van der Waals surface area contributed by atoms with E-state index in [2.05, 4.69) is 24.2 Å². The molecule has 0 aromatic heterocycles. The van der Waals surface area contributed by atoms with Gasteiger partial charge >= 0.3 is 0 Å². The Morgan fingerprint density at radius 3 is 2.33 bits per heavy atom. The fourth-order valence-electron chi connectivity index (χ4n) is 2.51. The smallest absolute Gasteiger partial charge is 0.0721 e. The molecular weight excluding hydrogens is 267 g/mol. The van der Waals surface area contributed by atoms with Crippen LogP contribution in [-0.2, 0) is 0 Å². The number of para-hydroxylation sites is 1. The largest absolute Gasteiger partial charge is 0.380 e. The number of nitrogens with one attached hydrogen (secondary N) is 1. The number of hydrogen-bond donors (Lipinski definition) is 1. The van der Waals surface area contributed by atoms with Crippen molar-refractivity contribution in [3.05, 3.63) is 28.2 Å². The Bertz CT molecular complexity index is 381. The summed E-state index contributed by atoms with van der Waals surface area (Å²) in [5.41, 5.74) is 0.868. The molecule has 18 heavy (non-hydrogen) atoms. The topological polar surface area (TPSA) is 15.3 Å². The highest BCUT2D eigenvalue weighted by Gasteiger charge is 2.23. The van der Waals surface area contributed by atoms with Crippen molar-refractivity contribution in [2.45, 2.75) is 25.8 Å². The van der Waals surface area contributed by atoms with Crippen LogP contribution >= 0.6 is 23.2 Å². The maximum absolute atomic E-state index is 6.18. The van der Waals surface area contributed by atoms with E-state index in [9.17, 15) is 0 Å². The molecular formula is C14H20Cl2N2. The summed E-state index contributed by atoms with van der Waals surface area (Å²) in [6.07, 6.45) is 2.46. The quantitative estimate of drug-likeness (QED) is 0.899. The van der Waals surface area contributed by atoms with Gasteiger partial charge in [0.05, 0.1) is 15.7 Å². The molecule has 0 saturated carbocycles. The van der Waals surface area contributed by atoms with Gasteiger partial charge in [-0.25, -0.2) is 0 Å². The van der Waals surface area contributed by atoms with E-state index in [-0.39, 0.29) is 0 Å². The van der Waals surface area contributed by atoms with Crippen molar-refractivity contribution < 1.29 is 0 Å². The van der Waals surface area contributed by atoms with E-state index in [1.54, 1.807) is 0 Å². The molecule has 0 amide bonds. The van der Waals surface area contributed by atoms with Gasteiger partial charge in [0, 0.05) is 6.04 Å². The van der Waals surface area contributed by atoms with Crippen molar-refractivity contribution in [3.63, 3.8) is 0 Å². The van der Waals surface area contributed by atoms with E-state index in [4.69, 9.17) is 23.2 Å². The normalized spacial score (nSPS) is 19.8. The second kappa shape index (κ2) is 6.14. The number of nitrogens with zero attached hydrogens (tertiary/aromatic N) is 1. The van der Waals surface area contributed by atoms with Gasteiger partial charge in [0.1, 0.15) is 0 Å². The molecule has 1 aliphatic heterocycles. The zero-order valence-electron chi connectivity index (χ0n) is 10.9. The van der Waals surface area contributed by atoms with Crippen LogP contribution in [0.5, 0.6) is 0 Å². The predicted octanol–water partition coefficient (Wildman–Crippen LogP) is 4.14. The van der Waals surface area contributed by atoms with Crippen LogP contribution in [0.2, 0.25) is 10.0 Å². The molecule has 1 aromatic carbocycles. The summed E-state index contributed by atoms with van der Waals surface area (Å²) < 4.78 is 0. The third kappa shape index (κ3) is 3.31. The molecule has 1 heterocycles. The van der Waals surface area contributed by atoms with E-state index in [0.29, 0.717) is 22.0 Å². The van der Waals surface area contributed by atoms with Crippen LogP contribution < -0.4 is 5.32 Å². The van der Waals surface area contributed by atoms with Crippen molar-refractivity contribution in [2.24, 2.45) is 5.92 Å². The molecule has 2 rings (SSSR count). The minimum atomic E-state index is 0.399. The molecule has 1 aliphatic rings. The average Bonchev–Trinajstić information content (AvgIpc) is 2.34. The Labute approximate surface area is 119 Å². The van der Waals surface area contributed by atoms with Crippen LogP contribution in [-0.4, -0.2) is 31.1 Å². The SMILES string of the molecule is CC(Nc1c(Cl)cccc1Cl)C1CCN(C)CC1. The molecule has 4 heteroatoms. The molecule has 1 aromatic rings. The number of likely N-dealkylation sites (tertiary alicyclic amines) is 1. The maximum atomic E-state index is 6.18. The number of piperidine rings is 1. The second-order valence-corrected chi connectivity index (χ2v) is 5.98. The average molecular weight is 287 g/mol. The summed E-state index contributed by atoms with van der Waals surface area (Å²) in [7, 11) is 2.18. The zero-order chi connectivity index (χ0) is 13.1. The van der Waals surface area contributed by atoms with Gasteiger partial charge in [0.15, 0.2) is 0 Å². The van der Waals surface area contributed by atoms with E-state index in [1.807, 2.05) is 18.2 Å². The molecule has 1 N–H and O–H groups in total. The maximum Gasteiger partial charge on any atom is 0.0721 e. The summed E-state index contributed by atoms with van der Waals surface area (Å²) in [5.74, 6) is 0.688. The van der Waals surface area contributed by atoms with Crippen LogP contribution in [0.25, 0.3) is 0 Å². The number of halogens is 2. The number of hydrogen-bond acceptors (Lipinski definition) is 2. The first-order valence-electron chi connectivity index (χ1n) is 6.47. The monoisotopic (exact) mass is 286 g/mol. The number of benzene rings is 1. The molecule has 1 unspecified atom stereocenters. The number of anilines is 1. The highest BCUT2D eigenvalue weighted by atomic mass is 35.5. The van der Waals surface area contributed by atoms with Crippen LogP contribution in [0.1, 0.15) is 19.8 Å². The van der Waals surface area contributed by atoms with Gasteiger partial charge < -0.3 is 10.2 Å². The molecule has 1 fully saturated rings. The Morgan fingerprint density at radius 1 is 1.22 bits per heavy atom. The first kappa shape index (κ1) is 14.0. The summed E-state index contributed by atoms with van der Waals surface area (Å²) in [6, 6.07) is 6.01. The minimum absolute atomic E-state index is 0.399. The molecule has 0 spiro atoms. The Kier molecular flexibility index (Phi) is 4.77. The fraction of sp³-hybridized carbons (Fsp3) is 0.571. The summed E-state index contributed by atoms with van der Waals surface area (Å²) in [4.78, 5) is 2.38. The molecule has 0 radical (unpaired) electrons. The lowest BCUT2D eigenvalue weighted by Gasteiger charge is -2.33. The lowest BCUT2D eigenvalue weighted by Crippen LogP contribution is -2.37. The van der Waals surface area contributed by atoms with Crippen molar-refractivity contribution >= 4 is 28.9 Å². The number of rotatable bonds is 3. The molecule has 0 bridgehead atoms. The van der Waals surface area contributed by atoms with E-state index in [1.165, 1.54) is 25.9 Å². The van der Waals surface area contributed by atoms with Gasteiger partial charge in [0.2, 0.25) is 0 Å². The third-order valence-electron chi connectivity index (χ3n) is 3.81. The molecule has 100 valence electrons. The Hall–Kier alpha value is -0.440. The van der Waals surface area contributed by atoms with Crippen LogP contribution in [0.4, 0.5) is 5.69 Å². The third-order valence-corrected chi connectivity index (χ3v) is 4.44. The van der Waals surface area contributed by atoms with Crippen LogP contribution in [0.3, 0.4) is 0 Å². The first-order chi connectivity index (χ1) is 8.58. The Balaban J connectivity index is 2.00. The summed E-state index contributed by atoms with van der Waals surface area (Å²) in [6.45, 7) is 4.57.